The van der Waals surface area contributed by atoms with E-state index in [1.807, 2.05) is 37.3 Å². The Morgan fingerprint density at radius 2 is 1.85 bits per heavy atom. The fourth-order valence-electron chi connectivity index (χ4n) is 2.59. The molecule has 0 spiro atoms. The number of carbonyl (C=O) groups is 1. The van der Waals surface area contributed by atoms with E-state index in [0.717, 1.165) is 11.3 Å². The van der Waals surface area contributed by atoms with Crippen molar-refractivity contribution in [3.05, 3.63) is 82.3 Å². The van der Waals surface area contributed by atoms with Gasteiger partial charge in [0.25, 0.3) is 5.91 Å². The molecule has 5 heteroatoms. The second-order valence-corrected chi connectivity index (χ2v) is 7.13. The first-order chi connectivity index (χ1) is 12.9. The standard InChI is InChI=1S/C22H22ClNO3/c1-14(2)16-5-8-18(9-6-16)26-13-19-10-11-21(27-19)22(25)24-20-12-17(23)7-4-15(20)3/h4-12,14H,13H2,1-3H3,(H,24,25). The van der Waals surface area contributed by atoms with Gasteiger partial charge in [0.1, 0.15) is 18.1 Å². The Morgan fingerprint density at radius 1 is 1.11 bits per heavy atom. The van der Waals surface area contributed by atoms with Gasteiger partial charge in [0.15, 0.2) is 5.76 Å². The molecular formula is C22H22ClNO3. The summed E-state index contributed by atoms with van der Waals surface area (Å²) in [7, 11) is 0. The Labute approximate surface area is 164 Å². The van der Waals surface area contributed by atoms with Crippen molar-refractivity contribution in [2.75, 3.05) is 5.32 Å². The molecule has 27 heavy (non-hydrogen) atoms. The molecule has 1 heterocycles. The molecule has 1 aromatic heterocycles. The molecule has 2 aromatic carbocycles. The van der Waals surface area contributed by atoms with Crippen LogP contribution in [0.2, 0.25) is 5.02 Å². The Hall–Kier alpha value is -2.72. The van der Waals surface area contributed by atoms with Gasteiger partial charge in [-0.25, -0.2) is 0 Å². The van der Waals surface area contributed by atoms with Crippen LogP contribution < -0.4 is 10.1 Å². The number of hydrogen-bond acceptors (Lipinski definition) is 3. The van der Waals surface area contributed by atoms with Crippen molar-refractivity contribution in [1.82, 2.24) is 0 Å². The highest BCUT2D eigenvalue weighted by Crippen LogP contribution is 2.22. The number of rotatable bonds is 6. The summed E-state index contributed by atoms with van der Waals surface area (Å²) in [6, 6.07) is 16.7. The first-order valence-corrected chi connectivity index (χ1v) is 9.19. The molecule has 0 saturated carbocycles. The van der Waals surface area contributed by atoms with E-state index in [0.29, 0.717) is 22.4 Å². The summed E-state index contributed by atoms with van der Waals surface area (Å²) >= 11 is 5.99. The molecule has 3 aromatic rings. The van der Waals surface area contributed by atoms with Crippen molar-refractivity contribution < 1.29 is 13.9 Å². The second-order valence-electron chi connectivity index (χ2n) is 6.69. The van der Waals surface area contributed by atoms with E-state index < -0.39 is 0 Å². The molecule has 0 bridgehead atoms. The zero-order valence-electron chi connectivity index (χ0n) is 15.6. The number of benzene rings is 2. The maximum Gasteiger partial charge on any atom is 0.291 e. The Bertz CT molecular complexity index is 929. The van der Waals surface area contributed by atoms with Crippen LogP contribution in [0, 0.1) is 6.92 Å². The third-order valence-corrected chi connectivity index (χ3v) is 4.50. The number of aryl methyl sites for hydroxylation is 1. The summed E-state index contributed by atoms with van der Waals surface area (Å²) in [6.45, 7) is 6.45. The minimum absolute atomic E-state index is 0.225. The van der Waals surface area contributed by atoms with Gasteiger partial charge in [-0.2, -0.15) is 0 Å². The predicted molar refractivity (Wildman–Crippen MR) is 108 cm³/mol. The smallest absolute Gasteiger partial charge is 0.291 e. The van der Waals surface area contributed by atoms with Gasteiger partial charge >= 0.3 is 0 Å². The van der Waals surface area contributed by atoms with Crippen molar-refractivity contribution in [2.45, 2.75) is 33.3 Å². The Balaban J connectivity index is 1.60. The molecule has 1 amide bonds. The predicted octanol–water partition coefficient (Wildman–Crippen LogP) is 6.20. The molecule has 0 aliphatic rings. The van der Waals surface area contributed by atoms with Crippen LogP contribution in [0.1, 0.15) is 47.2 Å². The van der Waals surface area contributed by atoms with E-state index in [4.69, 9.17) is 20.8 Å². The molecule has 0 radical (unpaired) electrons. The lowest BCUT2D eigenvalue weighted by molar-refractivity contribution is 0.0992. The Kier molecular flexibility index (Phi) is 5.87. The second kappa shape index (κ2) is 8.31. The van der Waals surface area contributed by atoms with Gasteiger partial charge in [-0.05, 0) is 60.4 Å². The SMILES string of the molecule is Cc1ccc(Cl)cc1NC(=O)c1ccc(COc2ccc(C(C)C)cc2)o1. The summed E-state index contributed by atoms with van der Waals surface area (Å²) in [5.41, 5.74) is 2.84. The van der Waals surface area contributed by atoms with Crippen molar-refractivity contribution in [1.29, 1.82) is 0 Å². The van der Waals surface area contributed by atoms with Crippen molar-refractivity contribution in [3.63, 3.8) is 0 Å². The van der Waals surface area contributed by atoms with Crippen LogP contribution in [0.3, 0.4) is 0 Å². The van der Waals surface area contributed by atoms with Gasteiger partial charge < -0.3 is 14.5 Å². The third-order valence-electron chi connectivity index (χ3n) is 4.26. The van der Waals surface area contributed by atoms with Crippen LogP contribution in [-0.2, 0) is 6.61 Å². The van der Waals surface area contributed by atoms with Gasteiger partial charge in [0, 0.05) is 10.7 Å². The zero-order valence-corrected chi connectivity index (χ0v) is 16.3. The Morgan fingerprint density at radius 3 is 2.56 bits per heavy atom. The molecule has 140 valence electrons. The molecule has 0 aliphatic carbocycles. The number of halogens is 1. The molecule has 1 N–H and O–H groups in total. The minimum atomic E-state index is -0.326. The minimum Gasteiger partial charge on any atom is -0.486 e. The van der Waals surface area contributed by atoms with Crippen LogP contribution in [0.5, 0.6) is 5.75 Å². The molecule has 0 atom stereocenters. The fourth-order valence-corrected chi connectivity index (χ4v) is 2.77. The molecular weight excluding hydrogens is 362 g/mol. The lowest BCUT2D eigenvalue weighted by Crippen LogP contribution is -2.11. The number of furan rings is 1. The van der Waals surface area contributed by atoms with Crippen LogP contribution in [0.25, 0.3) is 0 Å². The molecule has 0 saturated heterocycles. The van der Waals surface area contributed by atoms with Crippen LogP contribution >= 0.6 is 11.6 Å². The highest BCUT2D eigenvalue weighted by molar-refractivity contribution is 6.31. The molecule has 3 rings (SSSR count). The maximum atomic E-state index is 12.4. The largest absolute Gasteiger partial charge is 0.486 e. The number of hydrogen-bond donors (Lipinski definition) is 1. The lowest BCUT2D eigenvalue weighted by atomic mass is 10.0. The molecule has 0 aliphatic heterocycles. The third kappa shape index (κ3) is 4.92. The van der Waals surface area contributed by atoms with E-state index >= 15 is 0 Å². The average Bonchev–Trinajstić information content (AvgIpc) is 3.12. The summed E-state index contributed by atoms with van der Waals surface area (Å²) < 4.78 is 11.3. The van der Waals surface area contributed by atoms with E-state index in [9.17, 15) is 4.79 Å². The number of amides is 1. The van der Waals surface area contributed by atoms with Gasteiger partial charge in [0.2, 0.25) is 0 Å². The number of nitrogens with one attached hydrogen (secondary N) is 1. The maximum absolute atomic E-state index is 12.4. The number of anilines is 1. The van der Waals surface area contributed by atoms with Crippen LogP contribution in [0.15, 0.2) is 59.0 Å². The average molecular weight is 384 g/mol. The normalized spacial score (nSPS) is 10.9. The molecule has 0 unspecified atom stereocenters. The van der Waals surface area contributed by atoms with E-state index in [1.54, 1.807) is 24.3 Å². The van der Waals surface area contributed by atoms with Gasteiger partial charge in [-0.15, -0.1) is 0 Å². The highest BCUT2D eigenvalue weighted by atomic mass is 35.5. The number of ether oxygens (including phenoxy) is 1. The van der Waals surface area contributed by atoms with Gasteiger partial charge in [-0.3, -0.25) is 4.79 Å². The zero-order chi connectivity index (χ0) is 19.4. The lowest BCUT2D eigenvalue weighted by Gasteiger charge is -2.08. The van der Waals surface area contributed by atoms with E-state index in [1.165, 1.54) is 5.56 Å². The van der Waals surface area contributed by atoms with Gasteiger partial charge in [-0.1, -0.05) is 43.6 Å². The summed E-state index contributed by atoms with van der Waals surface area (Å²) in [5, 5.41) is 3.38. The van der Waals surface area contributed by atoms with Crippen molar-refractivity contribution in [2.24, 2.45) is 0 Å². The summed E-state index contributed by atoms with van der Waals surface area (Å²) in [6.07, 6.45) is 0. The monoisotopic (exact) mass is 383 g/mol. The fraction of sp³-hybridized carbons (Fsp3) is 0.227. The van der Waals surface area contributed by atoms with Crippen molar-refractivity contribution >= 4 is 23.2 Å². The summed E-state index contributed by atoms with van der Waals surface area (Å²) in [4.78, 5) is 12.4. The first-order valence-electron chi connectivity index (χ1n) is 8.81. The van der Waals surface area contributed by atoms with Crippen LogP contribution in [-0.4, -0.2) is 5.91 Å². The topological polar surface area (TPSA) is 51.5 Å². The van der Waals surface area contributed by atoms with E-state index in [-0.39, 0.29) is 18.3 Å². The van der Waals surface area contributed by atoms with Gasteiger partial charge in [0.05, 0.1) is 0 Å². The highest BCUT2D eigenvalue weighted by Gasteiger charge is 2.13. The van der Waals surface area contributed by atoms with Crippen LogP contribution in [0.4, 0.5) is 5.69 Å². The summed E-state index contributed by atoms with van der Waals surface area (Å²) in [5.74, 6) is 1.72. The first kappa shape index (κ1) is 19.1. The molecule has 4 nitrogen and oxygen atoms in total. The van der Waals surface area contributed by atoms with Crippen molar-refractivity contribution in [3.8, 4) is 5.75 Å². The van der Waals surface area contributed by atoms with E-state index in [2.05, 4.69) is 19.2 Å². The molecule has 0 fully saturated rings. The number of carbonyl (C=O) groups excluding carboxylic acids is 1. The quantitative estimate of drug-likeness (QED) is 0.551.